The van der Waals surface area contributed by atoms with E-state index in [0.717, 1.165) is 24.0 Å². The van der Waals surface area contributed by atoms with E-state index in [1.807, 2.05) is 6.92 Å². The number of anilines is 1. The fourth-order valence-corrected chi connectivity index (χ4v) is 2.34. The first-order valence-electron chi connectivity index (χ1n) is 5.39. The van der Waals surface area contributed by atoms with Gasteiger partial charge in [0.05, 0.1) is 12.0 Å². The first-order valence-corrected chi connectivity index (χ1v) is 6.21. The van der Waals surface area contributed by atoms with Crippen molar-refractivity contribution in [1.29, 1.82) is 0 Å². The Morgan fingerprint density at radius 3 is 2.83 bits per heavy atom. The number of ether oxygens (including phenoxy) is 1. The van der Waals surface area contributed by atoms with Crippen molar-refractivity contribution in [2.24, 2.45) is 0 Å². The molecule has 1 unspecified atom stereocenters. The minimum atomic E-state index is -0.921. The number of esters is 1. The zero-order chi connectivity index (χ0) is 13.8. The number of hydrogen-bond donors (Lipinski definition) is 1. The van der Waals surface area contributed by atoms with Crippen molar-refractivity contribution in [3.8, 4) is 0 Å². The second-order valence-electron chi connectivity index (χ2n) is 3.96. The van der Waals surface area contributed by atoms with Crippen LogP contribution in [0.5, 0.6) is 0 Å². The minimum Gasteiger partial charge on any atom is -0.467 e. The van der Waals surface area contributed by atoms with E-state index in [4.69, 9.17) is 4.74 Å². The summed E-state index contributed by atoms with van der Waals surface area (Å²) in [7, 11) is 1.31. The topological polar surface area (TPSA) is 94.4 Å². The second kappa shape index (κ2) is 5.76. The van der Waals surface area contributed by atoms with Gasteiger partial charge in [0, 0.05) is 0 Å². The Balaban J connectivity index is 2.89. The quantitative estimate of drug-likeness (QED) is 0.485. The normalized spacial score (nSPS) is 13.7. The zero-order valence-electron chi connectivity index (χ0n) is 10.4. The fraction of sp³-hybridized carbons (Fsp3) is 0.600. The number of carbonyl (C=O) groups excluding carboxylic acids is 1. The fourth-order valence-electron chi connectivity index (χ4n) is 1.58. The third kappa shape index (κ3) is 3.16. The van der Waals surface area contributed by atoms with Gasteiger partial charge in [-0.1, -0.05) is 13.3 Å². The van der Waals surface area contributed by atoms with E-state index in [0.29, 0.717) is 11.6 Å². The van der Waals surface area contributed by atoms with E-state index < -0.39 is 16.4 Å². The van der Waals surface area contributed by atoms with Crippen molar-refractivity contribution < 1.29 is 14.5 Å². The number of methoxy groups -OCH3 is 1. The third-order valence-electron chi connectivity index (χ3n) is 2.44. The highest BCUT2D eigenvalue weighted by Gasteiger charge is 2.34. The molecule has 7 nitrogen and oxygen atoms in total. The Kier molecular flexibility index (Phi) is 4.60. The molecule has 0 aromatic carbocycles. The molecule has 1 heterocycles. The number of nitrogens with one attached hydrogen (secondary N) is 1. The van der Waals surface area contributed by atoms with Crippen molar-refractivity contribution in [2.75, 3.05) is 12.4 Å². The average molecular weight is 273 g/mol. The molecule has 0 aliphatic heterocycles. The number of nitrogens with zero attached hydrogens (tertiary/aromatic N) is 2. The number of nitro groups is 1. The maximum atomic E-state index is 11.7. The highest BCUT2D eigenvalue weighted by molar-refractivity contribution is 7.18. The number of hydrogen-bond acceptors (Lipinski definition) is 7. The predicted molar refractivity (Wildman–Crippen MR) is 67.7 cm³/mol. The Bertz CT molecular complexity index is 448. The third-order valence-corrected chi connectivity index (χ3v) is 3.31. The molecule has 0 aliphatic rings. The van der Waals surface area contributed by atoms with Crippen LogP contribution in [-0.4, -0.2) is 28.5 Å². The molecule has 1 rings (SSSR count). The van der Waals surface area contributed by atoms with Gasteiger partial charge in [-0.15, -0.1) is 0 Å². The van der Waals surface area contributed by atoms with Crippen LogP contribution >= 0.6 is 11.3 Å². The molecule has 8 heteroatoms. The van der Waals surface area contributed by atoms with Gasteiger partial charge in [-0.25, -0.2) is 9.78 Å². The number of rotatable bonds is 6. The van der Waals surface area contributed by atoms with Crippen LogP contribution in [0.15, 0.2) is 6.20 Å². The largest absolute Gasteiger partial charge is 0.467 e. The van der Waals surface area contributed by atoms with Gasteiger partial charge in [-0.05, 0) is 24.7 Å². The summed E-state index contributed by atoms with van der Waals surface area (Å²) >= 11 is 0.893. The Morgan fingerprint density at radius 1 is 1.72 bits per heavy atom. The standard InChI is InChI=1S/C10H15N3O4S/c1-4-5-10(2,8(14)17-3)12-9-11-6-7(18-9)13(15)16/h6H,4-5H2,1-3H3,(H,11,12). The molecule has 0 spiro atoms. The van der Waals surface area contributed by atoms with E-state index in [-0.39, 0.29) is 5.00 Å². The summed E-state index contributed by atoms with van der Waals surface area (Å²) < 4.78 is 4.74. The van der Waals surface area contributed by atoms with Gasteiger partial charge >= 0.3 is 11.0 Å². The predicted octanol–water partition coefficient (Wildman–Crippen LogP) is 2.20. The molecule has 0 saturated heterocycles. The molecular weight excluding hydrogens is 258 g/mol. The van der Waals surface area contributed by atoms with Crippen LogP contribution in [-0.2, 0) is 9.53 Å². The highest BCUT2D eigenvalue weighted by Crippen LogP contribution is 2.29. The summed E-state index contributed by atoms with van der Waals surface area (Å²) in [5.74, 6) is -0.415. The molecule has 0 amide bonds. The van der Waals surface area contributed by atoms with E-state index in [2.05, 4.69) is 10.3 Å². The zero-order valence-corrected chi connectivity index (χ0v) is 11.2. The number of aromatic nitrogens is 1. The minimum absolute atomic E-state index is 0.0683. The molecule has 0 fully saturated rings. The first kappa shape index (κ1) is 14.4. The molecule has 18 heavy (non-hydrogen) atoms. The lowest BCUT2D eigenvalue weighted by molar-refractivity contribution is -0.380. The van der Waals surface area contributed by atoms with Crippen LogP contribution in [0.3, 0.4) is 0 Å². The number of thiazole rings is 1. The number of carbonyl (C=O) groups is 1. The lowest BCUT2D eigenvalue weighted by Crippen LogP contribution is -2.44. The van der Waals surface area contributed by atoms with Crippen LogP contribution in [0.25, 0.3) is 0 Å². The lowest BCUT2D eigenvalue weighted by Gasteiger charge is -2.26. The summed E-state index contributed by atoms with van der Waals surface area (Å²) in [5, 5.41) is 13.7. The van der Waals surface area contributed by atoms with Gasteiger partial charge < -0.3 is 10.1 Å². The molecular formula is C10H15N3O4S. The maximum Gasteiger partial charge on any atom is 0.345 e. The Hall–Kier alpha value is -1.70. The van der Waals surface area contributed by atoms with Gasteiger partial charge in [-0.3, -0.25) is 10.1 Å². The smallest absolute Gasteiger partial charge is 0.345 e. The Morgan fingerprint density at radius 2 is 2.39 bits per heavy atom. The molecule has 0 aliphatic carbocycles. The summed E-state index contributed by atoms with van der Waals surface area (Å²) in [6, 6.07) is 0. The molecule has 0 saturated carbocycles. The van der Waals surface area contributed by atoms with Crippen molar-refractivity contribution in [2.45, 2.75) is 32.2 Å². The summed E-state index contributed by atoms with van der Waals surface area (Å²) in [6.45, 7) is 3.63. The van der Waals surface area contributed by atoms with Gasteiger partial charge in [0.1, 0.15) is 11.7 Å². The lowest BCUT2D eigenvalue weighted by atomic mass is 9.97. The molecule has 1 aromatic heterocycles. The summed E-state index contributed by atoms with van der Waals surface area (Å²) in [6.07, 6.45) is 2.48. The Labute approximate surface area is 108 Å². The SMILES string of the molecule is CCCC(C)(Nc1ncc([N+](=O)[O-])s1)C(=O)OC. The molecule has 0 bridgehead atoms. The van der Waals surface area contributed by atoms with Crippen molar-refractivity contribution in [1.82, 2.24) is 4.98 Å². The summed E-state index contributed by atoms with van der Waals surface area (Å²) in [4.78, 5) is 25.6. The van der Waals surface area contributed by atoms with E-state index in [1.165, 1.54) is 7.11 Å². The molecule has 1 atom stereocenters. The first-order chi connectivity index (χ1) is 8.42. The van der Waals surface area contributed by atoms with Crippen LogP contribution < -0.4 is 5.32 Å². The van der Waals surface area contributed by atoms with E-state index in [1.54, 1.807) is 6.92 Å². The van der Waals surface area contributed by atoms with Crippen molar-refractivity contribution in [3.63, 3.8) is 0 Å². The van der Waals surface area contributed by atoms with Gasteiger partial charge in [0.2, 0.25) is 0 Å². The average Bonchev–Trinajstić information content (AvgIpc) is 2.76. The van der Waals surface area contributed by atoms with Gasteiger partial charge in [-0.2, -0.15) is 0 Å². The molecule has 100 valence electrons. The second-order valence-corrected chi connectivity index (χ2v) is 4.97. The van der Waals surface area contributed by atoms with Gasteiger partial charge in [0.15, 0.2) is 5.13 Å². The maximum absolute atomic E-state index is 11.7. The van der Waals surface area contributed by atoms with Crippen LogP contribution in [0.2, 0.25) is 0 Å². The van der Waals surface area contributed by atoms with Crippen molar-refractivity contribution in [3.05, 3.63) is 16.3 Å². The van der Waals surface area contributed by atoms with Crippen LogP contribution in [0, 0.1) is 10.1 Å². The van der Waals surface area contributed by atoms with Crippen LogP contribution in [0.4, 0.5) is 10.1 Å². The molecule has 0 radical (unpaired) electrons. The summed E-state index contributed by atoms with van der Waals surface area (Å²) in [5.41, 5.74) is -0.921. The van der Waals surface area contributed by atoms with Gasteiger partial charge in [0.25, 0.3) is 0 Å². The highest BCUT2D eigenvalue weighted by atomic mass is 32.1. The molecule has 1 N–H and O–H groups in total. The van der Waals surface area contributed by atoms with E-state index in [9.17, 15) is 14.9 Å². The molecule has 1 aromatic rings. The van der Waals surface area contributed by atoms with Crippen LogP contribution in [0.1, 0.15) is 26.7 Å². The monoisotopic (exact) mass is 273 g/mol. The van der Waals surface area contributed by atoms with E-state index >= 15 is 0 Å². The van der Waals surface area contributed by atoms with Crippen molar-refractivity contribution >= 4 is 27.4 Å².